The summed E-state index contributed by atoms with van der Waals surface area (Å²) < 4.78 is 31.0. The lowest BCUT2D eigenvalue weighted by Gasteiger charge is -2.16. The van der Waals surface area contributed by atoms with Gasteiger partial charge in [0.2, 0.25) is 0 Å². The Morgan fingerprint density at radius 2 is 1.88 bits per heavy atom. The van der Waals surface area contributed by atoms with Gasteiger partial charge >= 0.3 is 0 Å². The Morgan fingerprint density at radius 1 is 1.09 bits per heavy atom. The molecule has 3 aromatic heterocycles. The Hall–Kier alpha value is -3.13. The summed E-state index contributed by atoms with van der Waals surface area (Å²) in [6.07, 6.45) is 2.87. The van der Waals surface area contributed by atoms with E-state index in [0.29, 0.717) is 26.1 Å². The molecule has 0 unspecified atom stereocenters. The second kappa shape index (κ2) is 7.48. The average molecular weight is 456 g/mol. The number of aryl methyl sites for hydroxylation is 3. The molecule has 1 aromatic carbocycles. The number of imidazole rings is 1. The molecule has 2 aliphatic heterocycles. The fourth-order valence-corrected chi connectivity index (χ4v) is 4.99. The number of nitrogens with zero attached hydrogens (tertiary/aromatic N) is 5. The summed E-state index contributed by atoms with van der Waals surface area (Å²) in [6, 6.07) is 5.26. The molecule has 6 rings (SSSR count). The van der Waals surface area contributed by atoms with Crippen molar-refractivity contribution < 1.29 is 13.9 Å². The minimum Gasteiger partial charge on any atom is -0.493 e. The first-order valence-corrected chi connectivity index (χ1v) is 10.5. The third-order valence-electron chi connectivity index (χ3n) is 6.55. The second-order valence-electron chi connectivity index (χ2n) is 8.30. The van der Waals surface area contributed by atoms with Crippen LogP contribution in [0.4, 0.5) is 4.39 Å². The topological polar surface area (TPSA) is 66.5 Å². The van der Waals surface area contributed by atoms with Gasteiger partial charge in [0, 0.05) is 18.2 Å². The van der Waals surface area contributed by atoms with Crippen LogP contribution in [-0.2, 0) is 19.9 Å². The summed E-state index contributed by atoms with van der Waals surface area (Å²) in [5.74, 6) is 2.29. The van der Waals surface area contributed by atoms with E-state index in [9.17, 15) is 4.39 Å². The Balaban J connectivity index is 0.00000216. The van der Waals surface area contributed by atoms with Gasteiger partial charge in [0.05, 0.1) is 36.2 Å². The number of hydrogen-bond donors (Lipinski definition) is 0. The van der Waals surface area contributed by atoms with E-state index in [1.165, 1.54) is 6.07 Å². The lowest BCUT2D eigenvalue weighted by Crippen LogP contribution is -2.13. The summed E-state index contributed by atoms with van der Waals surface area (Å²) in [4.78, 5) is 4.61. The molecule has 0 saturated carbocycles. The zero-order valence-corrected chi connectivity index (χ0v) is 18.9. The van der Waals surface area contributed by atoms with Crippen molar-refractivity contribution in [3.8, 4) is 22.8 Å². The van der Waals surface area contributed by atoms with E-state index in [-0.39, 0.29) is 24.1 Å². The zero-order chi connectivity index (χ0) is 21.3. The third-order valence-corrected chi connectivity index (χ3v) is 6.55. The van der Waals surface area contributed by atoms with Gasteiger partial charge in [0.1, 0.15) is 29.5 Å². The van der Waals surface area contributed by atoms with Crippen LogP contribution in [0.1, 0.15) is 34.3 Å². The molecule has 4 aromatic rings. The SMILES string of the molecule is Cc1nc(C)n(C)c1-c1cc2c(n3cnnc13)CCc1c(F)ccc3c1[C@H](CO3)CO2.Cl. The number of halogens is 2. The predicted molar refractivity (Wildman–Crippen MR) is 119 cm³/mol. The lowest BCUT2D eigenvalue weighted by molar-refractivity contribution is 0.246. The molecule has 0 N–H and O–H groups in total. The van der Waals surface area contributed by atoms with E-state index < -0.39 is 0 Å². The first-order valence-electron chi connectivity index (χ1n) is 10.5. The van der Waals surface area contributed by atoms with Gasteiger partial charge in [-0.1, -0.05) is 0 Å². The van der Waals surface area contributed by atoms with Crippen molar-refractivity contribution in [1.82, 2.24) is 24.1 Å². The molecule has 9 heteroatoms. The van der Waals surface area contributed by atoms with Gasteiger partial charge in [-0.05, 0) is 50.5 Å². The number of hydrogen-bond acceptors (Lipinski definition) is 5. The van der Waals surface area contributed by atoms with Gasteiger partial charge in [-0.2, -0.15) is 0 Å². The van der Waals surface area contributed by atoms with Crippen molar-refractivity contribution in [2.45, 2.75) is 32.6 Å². The van der Waals surface area contributed by atoms with Crippen molar-refractivity contribution in [2.75, 3.05) is 13.2 Å². The first-order chi connectivity index (χ1) is 15.0. The van der Waals surface area contributed by atoms with Crippen molar-refractivity contribution in [3.05, 3.63) is 58.7 Å². The summed E-state index contributed by atoms with van der Waals surface area (Å²) in [6.45, 7) is 4.90. The molecule has 0 saturated heterocycles. The van der Waals surface area contributed by atoms with Gasteiger partial charge < -0.3 is 14.0 Å². The summed E-state index contributed by atoms with van der Waals surface area (Å²) in [5.41, 5.74) is 6.19. The molecule has 0 bridgehead atoms. The van der Waals surface area contributed by atoms with Crippen LogP contribution in [0.25, 0.3) is 16.9 Å². The summed E-state index contributed by atoms with van der Waals surface area (Å²) in [7, 11) is 2.00. The Bertz CT molecular complexity index is 1360. The van der Waals surface area contributed by atoms with E-state index in [1.807, 2.05) is 31.4 Å². The molecular weight excluding hydrogens is 433 g/mol. The van der Waals surface area contributed by atoms with Crippen LogP contribution >= 0.6 is 12.4 Å². The maximum Gasteiger partial charge on any atom is 0.170 e. The van der Waals surface area contributed by atoms with E-state index in [0.717, 1.165) is 56.7 Å². The molecule has 0 amide bonds. The molecule has 32 heavy (non-hydrogen) atoms. The van der Waals surface area contributed by atoms with Crippen LogP contribution in [0.2, 0.25) is 0 Å². The molecule has 2 aliphatic rings. The fraction of sp³-hybridized carbons (Fsp3) is 0.348. The highest BCUT2D eigenvalue weighted by atomic mass is 35.5. The molecule has 0 spiro atoms. The molecule has 0 aliphatic carbocycles. The predicted octanol–water partition coefficient (Wildman–Crippen LogP) is 3.96. The second-order valence-corrected chi connectivity index (χ2v) is 8.30. The van der Waals surface area contributed by atoms with Gasteiger partial charge in [0.25, 0.3) is 0 Å². The molecular formula is C23H23ClFN5O2. The Labute approximate surface area is 190 Å². The fourth-order valence-electron chi connectivity index (χ4n) is 4.99. The standard InChI is InChI=1S/C23H22FN5O2.ClH/c1-12-22(28(3)13(2)26-12)16-8-20-18(29-11-25-27-23(16)29)6-4-15-17(24)5-7-19-21(15)14(9-30-19)10-31-20;/h5,7-8,11,14H,4,6,9-10H2,1-3H3;1H/t14-;/m1./s1. The van der Waals surface area contributed by atoms with Gasteiger partial charge in [-0.25, -0.2) is 9.37 Å². The minimum absolute atomic E-state index is 0. The van der Waals surface area contributed by atoms with E-state index >= 15 is 0 Å². The van der Waals surface area contributed by atoms with Gasteiger partial charge in [-0.15, -0.1) is 22.6 Å². The van der Waals surface area contributed by atoms with Crippen LogP contribution in [0.15, 0.2) is 24.5 Å². The van der Waals surface area contributed by atoms with Crippen molar-refractivity contribution in [3.63, 3.8) is 0 Å². The lowest BCUT2D eigenvalue weighted by atomic mass is 9.93. The highest BCUT2D eigenvalue weighted by Gasteiger charge is 2.32. The number of fused-ring (bicyclic) bond motifs is 3. The minimum atomic E-state index is -0.185. The number of pyridine rings is 1. The van der Waals surface area contributed by atoms with Crippen molar-refractivity contribution in [1.29, 1.82) is 0 Å². The Morgan fingerprint density at radius 3 is 2.62 bits per heavy atom. The molecule has 0 radical (unpaired) electrons. The van der Waals surface area contributed by atoms with Crippen LogP contribution in [0.5, 0.6) is 11.5 Å². The molecule has 7 nitrogen and oxygen atoms in total. The van der Waals surface area contributed by atoms with E-state index in [4.69, 9.17) is 9.47 Å². The van der Waals surface area contributed by atoms with Crippen molar-refractivity contribution >= 4 is 18.1 Å². The molecule has 1 atom stereocenters. The average Bonchev–Trinajstić information content (AvgIpc) is 3.45. The number of rotatable bonds is 1. The maximum absolute atomic E-state index is 14.8. The van der Waals surface area contributed by atoms with Crippen LogP contribution in [-0.4, -0.2) is 37.4 Å². The summed E-state index contributed by atoms with van der Waals surface area (Å²) >= 11 is 0. The molecule has 0 fully saturated rings. The van der Waals surface area contributed by atoms with Gasteiger partial charge in [-0.3, -0.25) is 4.40 Å². The van der Waals surface area contributed by atoms with Gasteiger partial charge in [0.15, 0.2) is 5.65 Å². The zero-order valence-electron chi connectivity index (χ0n) is 18.1. The van der Waals surface area contributed by atoms with E-state index in [1.54, 1.807) is 12.4 Å². The van der Waals surface area contributed by atoms with Crippen LogP contribution in [0, 0.1) is 19.7 Å². The van der Waals surface area contributed by atoms with Crippen molar-refractivity contribution in [2.24, 2.45) is 7.05 Å². The highest BCUT2D eigenvalue weighted by Crippen LogP contribution is 2.41. The number of aromatic nitrogens is 5. The van der Waals surface area contributed by atoms with Crippen LogP contribution in [0.3, 0.4) is 0 Å². The normalized spacial score (nSPS) is 16.8. The highest BCUT2D eigenvalue weighted by molar-refractivity contribution is 5.85. The largest absolute Gasteiger partial charge is 0.493 e. The monoisotopic (exact) mass is 455 g/mol. The maximum atomic E-state index is 14.8. The van der Waals surface area contributed by atoms with Crippen LogP contribution < -0.4 is 9.47 Å². The Kier molecular flexibility index (Phi) is 4.85. The summed E-state index contributed by atoms with van der Waals surface area (Å²) in [5, 5.41) is 8.57. The third kappa shape index (κ3) is 2.89. The first kappa shape index (κ1) is 20.8. The van der Waals surface area contributed by atoms with E-state index in [2.05, 4.69) is 19.7 Å². The smallest absolute Gasteiger partial charge is 0.170 e. The molecule has 5 heterocycles. The molecule has 166 valence electrons. The number of ether oxygens (including phenoxy) is 2. The quantitative estimate of drug-likeness (QED) is 0.434. The number of benzene rings is 1.